The first kappa shape index (κ1) is 17.9. The van der Waals surface area contributed by atoms with Crippen LogP contribution in [0.4, 0.5) is 5.69 Å². The standard InChI is InChI=1S/C19H19NO3S2/c21-17(20-16-5-2-1-3-6-16)13-23-18(22)14-7-9-15(10-8-14)19-24-11-4-12-25-19/h1-3,5-10,19H,4,11-13H2,(H,20,21). The van der Waals surface area contributed by atoms with Gasteiger partial charge in [0, 0.05) is 5.69 Å². The van der Waals surface area contributed by atoms with Gasteiger partial charge in [-0.3, -0.25) is 4.79 Å². The van der Waals surface area contributed by atoms with E-state index in [2.05, 4.69) is 5.32 Å². The highest BCUT2D eigenvalue weighted by molar-refractivity contribution is 8.16. The lowest BCUT2D eigenvalue weighted by molar-refractivity contribution is -0.119. The predicted molar refractivity (Wildman–Crippen MR) is 104 cm³/mol. The van der Waals surface area contributed by atoms with Crippen LogP contribution in [-0.4, -0.2) is 30.0 Å². The Bertz CT molecular complexity index is 713. The SMILES string of the molecule is O=C(COC(=O)c1ccc(C2SCCCS2)cc1)Nc1ccccc1. The molecule has 0 atom stereocenters. The van der Waals surface area contributed by atoms with Gasteiger partial charge in [0.05, 0.1) is 10.1 Å². The Balaban J connectivity index is 1.50. The fourth-order valence-electron chi connectivity index (χ4n) is 2.39. The Kier molecular flexibility index (Phi) is 6.42. The first-order chi connectivity index (χ1) is 12.2. The second kappa shape index (κ2) is 8.97. The van der Waals surface area contributed by atoms with Crippen LogP contribution in [0.15, 0.2) is 54.6 Å². The number of benzene rings is 2. The van der Waals surface area contributed by atoms with Gasteiger partial charge in [-0.15, -0.1) is 23.5 Å². The Hall–Kier alpha value is -1.92. The molecule has 1 aliphatic rings. The number of thioether (sulfide) groups is 2. The summed E-state index contributed by atoms with van der Waals surface area (Å²) in [6.45, 7) is -0.302. The maximum Gasteiger partial charge on any atom is 0.338 e. The van der Waals surface area contributed by atoms with Crippen molar-refractivity contribution in [3.05, 3.63) is 65.7 Å². The average molecular weight is 373 g/mol. The van der Waals surface area contributed by atoms with Gasteiger partial charge in [-0.25, -0.2) is 4.79 Å². The molecule has 6 heteroatoms. The number of para-hydroxylation sites is 1. The summed E-state index contributed by atoms with van der Waals surface area (Å²) in [6.07, 6.45) is 1.25. The minimum atomic E-state index is -0.487. The van der Waals surface area contributed by atoms with Crippen molar-refractivity contribution in [2.75, 3.05) is 23.4 Å². The van der Waals surface area contributed by atoms with Crippen LogP contribution in [0.1, 0.15) is 26.9 Å². The average Bonchev–Trinajstić information content (AvgIpc) is 2.68. The van der Waals surface area contributed by atoms with Gasteiger partial charge in [-0.2, -0.15) is 0 Å². The number of carbonyl (C=O) groups excluding carboxylic acids is 2. The molecule has 1 heterocycles. The number of nitrogens with one attached hydrogen (secondary N) is 1. The molecule has 1 N–H and O–H groups in total. The van der Waals surface area contributed by atoms with Crippen LogP contribution in [-0.2, 0) is 9.53 Å². The van der Waals surface area contributed by atoms with E-state index in [1.807, 2.05) is 53.9 Å². The molecule has 0 bridgehead atoms. The first-order valence-electron chi connectivity index (χ1n) is 8.07. The molecule has 0 radical (unpaired) electrons. The van der Waals surface area contributed by atoms with E-state index in [-0.39, 0.29) is 12.5 Å². The third kappa shape index (κ3) is 5.28. The molecule has 0 unspecified atom stereocenters. The molecule has 0 aliphatic carbocycles. The van der Waals surface area contributed by atoms with Crippen molar-refractivity contribution >= 4 is 41.1 Å². The lowest BCUT2D eigenvalue weighted by Gasteiger charge is -2.21. The molecule has 3 rings (SSSR count). The van der Waals surface area contributed by atoms with Gasteiger partial charge in [0.25, 0.3) is 5.91 Å². The van der Waals surface area contributed by atoms with Crippen LogP contribution >= 0.6 is 23.5 Å². The molecule has 2 aromatic carbocycles. The van der Waals surface area contributed by atoms with E-state index in [0.717, 1.165) is 0 Å². The Labute approximate surface area is 155 Å². The van der Waals surface area contributed by atoms with Crippen molar-refractivity contribution in [2.24, 2.45) is 0 Å². The Morgan fingerprint density at radius 2 is 1.68 bits per heavy atom. The smallest absolute Gasteiger partial charge is 0.338 e. The fourth-order valence-corrected chi connectivity index (χ4v) is 5.28. The van der Waals surface area contributed by atoms with Crippen LogP contribution in [0.3, 0.4) is 0 Å². The lowest BCUT2D eigenvalue weighted by Crippen LogP contribution is -2.20. The highest BCUT2D eigenvalue weighted by Gasteiger charge is 2.17. The van der Waals surface area contributed by atoms with E-state index in [1.165, 1.54) is 23.5 Å². The van der Waals surface area contributed by atoms with Gasteiger partial charge in [0.2, 0.25) is 0 Å². The van der Waals surface area contributed by atoms with Crippen LogP contribution < -0.4 is 5.32 Å². The fraction of sp³-hybridized carbons (Fsp3) is 0.263. The summed E-state index contributed by atoms with van der Waals surface area (Å²) in [6, 6.07) is 16.5. The maximum atomic E-state index is 12.1. The highest BCUT2D eigenvalue weighted by Crippen LogP contribution is 2.43. The largest absolute Gasteiger partial charge is 0.452 e. The van der Waals surface area contributed by atoms with Crippen molar-refractivity contribution in [2.45, 2.75) is 11.0 Å². The van der Waals surface area contributed by atoms with E-state index < -0.39 is 5.97 Å². The second-order valence-electron chi connectivity index (χ2n) is 5.54. The van der Waals surface area contributed by atoms with Crippen LogP contribution in [0.25, 0.3) is 0 Å². The third-order valence-corrected chi connectivity index (χ3v) is 6.65. The highest BCUT2D eigenvalue weighted by atomic mass is 32.2. The van der Waals surface area contributed by atoms with Gasteiger partial charge in [0.1, 0.15) is 0 Å². The second-order valence-corrected chi connectivity index (χ2v) is 8.26. The number of anilines is 1. The molecule has 0 saturated carbocycles. The van der Waals surface area contributed by atoms with Crippen molar-refractivity contribution in [3.8, 4) is 0 Å². The summed E-state index contributed by atoms with van der Waals surface area (Å²) in [7, 11) is 0. The normalized spacial score (nSPS) is 14.7. The zero-order valence-corrected chi connectivity index (χ0v) is 15.3. The number of amides is 1. The van der Waals surface area contributed by atoms with E-state index >= 15 is 0 Å². The topological polar surface area (TPSA) is 55.4 Å². The first-order valence-corrected chi connectivity index (χ1v) is 10.2. The number of esters is 1. The molecular formula is C19H19NO3S2. The molecule has 0 spiro atoms. The summed E-state index contributed by atoms with van der Waals surface area (Å²) < 4.78 is 5.53. The van der Waals surface area contributed by atoms with Crippen LogP contribution in [0.2, 0.25) is 0 Å². The molecule has 1 saturated heterocycles. The monoisotopic (exact) mass is 373 g/mol. The van der Waals surface area contributed by atoms with E-state index in [9.17, 15) is 9.59 Å². The number of carbonyl (C=O) groups is 2. The number of hydrogen-bond acceptors (Lipinski definition) is 5. The van der Waals surface area contributed by atoms with Crippen molar-refractivity contribution in [1.82, 2.24) is 0 Å². The van der Waals surface area contributed by atoms with Gasteiger partial charge in [0.15, 0.2) is 6.61 Å². The Morgan fingerprint density at radius 1 is 1.00 bits per heavy atom. The summed E-state index contributed by atoms with van der Waals surface area (Å²) in [5.74, 6) is 1.51. The third-order valence-electron chi connectivity index (χ3n) is 3.64. The maximum absolute atomic E-state index is 12.1. The molecule has 4 nitrogen and oxygen atoms in total. The van der Waals surface area contributed by atoms with Gasteiger partial charge in [-0.1, -0.05) is 30.3 Å². The molecular weight excluding hydrogens is 354 g/mol. The van der Waals surface area contributed by atoms with Crippen molar-refractivity contribution < 1.29 is 14.3 Å². The molecule has 1 amide bonds. The number of hydrogen-bond donors (Lipinski definition) is 1. The van der Waals surface area contributed by atoms with Crippen molar-refractivity contribution in [1.29, 1.82) is 0 Å². The van der Waals surface area contributed by atoms with Gasteiger partial charge >= 0.3 is 5.97 Å². The number of ether oxygens (including phenoxy) is 1. The summed E-state index contributed by atoms with van der Waals surface area (Å²) >= 11 is 3.88. The van der Waals surface area contributed by atoms with Crippen LogP contribution in [0.5, 0.6) is 0 Å². The molecule has 25 heavy (non-hydrogen) atoms. The lowest BCUT2D eigenvalue weighted by atomic mass is 10.1. The summed E-state index contributed by atoms with van der Waals surface area (Å²) in [5.41, 5.74) is 2.35. The molecule has 130 valence electrons. The van der Waals surface area contributed by atoms with Gasteiger partial charge in [-0.05, 0) is 47.8 Å². The minimum Gasteiger partial charge on any atom is -0.452 e. The van der Waals surface area contributed by atoms with Crippen LogP contribution in [0, 0.1) is 0 Å². The van der Waals surface area contributed by atoms with E-state index in [4.69, 9.17) is 4.74 Å². The summed E-state index contributed by atoms with van der Waals surface area (Å²) in [5, 5.41) is 2.68. The molecule has 2 aromatic rings. The van der Waals surface area contributed by atoms with E-state index in [1.54, 1.807) is 24.3 Å². The zero-order chi connectivity index (χ0) is 17.5. The molecule has 0 aromatic heterocycles. The molecule has 1 aliphatic heterocycles. The van der Waals surface area contributed by atoms with Gasteiger partial charge < -0.3 is 10.1 Å². The Morgan fingerprint density at radius 3 is 2.36 bits per heavy atom. The molecule has 1 fully saturated rings. The predicted octanol–water partition coefficient (Wildman–Crippen LogP) is 4.35. The van der Waals surface area contributed by atoms with Crippen molar-refractivity contribution in [3.63, 3.8) is 0 Å². The summed E-state index contributed by atoms with van der Waals surface area (Å²) in [4.78, 5) is 23.9. The number of rotatable bonds is 5. The van der Waals surface area contributed by atoms with E-state index in [0.29, 0.717) is 15.8 Å². The zero-order valence-electron chi connectivity index (χ0n) is 13.6. The minimum absolute atomic E-state index is 0.302. The quantitative estimate of drug-likeness (QED) is 0.790.